The van der Waals surface area contributed by atoms with Gasteiger partial charge in [-0.25, -0.2) is 8.42 Å². The van der Waals surface area contributed by atoms with Crippen LogP contribution in [0.3, 0.4) is 0 Å². The Hall–Kier alpha value is -1.86. The standard InChI is InChI=1S/C14H13BrN2O3S/c1-21(19,20)11-5-3-10(4-6-11)17-14(18)12-7-2-9(15)8-13(12)16/h2-8H,16H2,1H3,(H,17,18). The monoisotopic (exact) mass is 368 g/mol. The summed E-state index contributed by atoms with van der Waals surface area (Å²) in [4.78, 5) is 12.3. The summed E-state index contributed by atoms with van der Waals surface area (Å²) in [6.45, 7) is 0. The van der Waals surface area contributed by atoms with E-state index in [0.717, 1.165) is 10.7 Å². The first kappa shape index (κ1) is 15.5. The van der Waals surface area contributed by atoms with Gasteiger partial charge in [0, 0.05) is 22.1 Å². The lowest BCUT2D eigenvalue weighted by Crippen LogP contribution is -2.14. The number of hydrogen-bond acceptors (Lipinski definition) is 4. The molecule has 7 heteroatoms. The van der Waals surface area contributed by atoms with Crippen LogP contribution in [0, 0.1) is 0 Å². The van der Waals surface area contributed by atoms with Crippen LogP contribution in [0.5, 0.6) is 0 Å². The molecule has 5 nitrogen and oxygen atoms in total. The van der Waals surface area contributed by atoms with E-state index in [1.807, 2.05) is 0 Å². The van der Waals surface area contributed by atoms with Crippen molar-refractivity contribution in [1.82, 2.24) is 0 Å². The van der Waals surface area contributed by atoms with E-state index >= 15 is 0 Å². The maximum Gasteiger partial charge on any atom is 0.257 e. The summed E-state index contributed by atoms with van der Waals surface area (Å²) >= 11 is 3.27. The molecule has 3 N–H and O–H groups in total. The predicted molar refractivity (Wildman–Crippen MR) is 86.1 cm³/mol. The van der Waals surface area contributed by atoms with Crippen LogP contribution < -0.4 is 11.1 Å². The van der Waals surface area contributed by atoms with Gasteiger partial charge >= 0.3 is 0 Å². The molecule has 2 aromatic carbocycles. The molecular formula is C14H13BrN2O3S. The van der Waals surface area contributed by atoms with E-state index in [1.54, 1.807) is 18.2 Å². The molecule has 2 rings (SSSR count). The van der Waals surface area contributed by atoms with Crippen molar-refractivity contribution < 1.29 is 13.2 Å². The highest BCUT2D eigenvalue weighted by molar-refractivity contribution is 9.10. The number of amides is 1. The molecule has 0 aliphatic heterocycles. The van der Waals surface area contributed by atoms with Crippen molar-refractivity contribution in [3.63, 3.8) is 0 Å². The van der Waals surface area contributed by atoms with Gasteiger partial charge in [-0.3, -0.25) is 4.79 Å². The molecule has 0 fully saturated rings. The largest absolute Gasteiger partial charge is 0.398 e. The van der Waals surface area contributed by atoms with Crippen molar-refractivity contribution in [2.45, 2.75) is 4.90 Å². The normalized spacial score (nSPS) is 11.1. The number of nitrogens with one attached hydrogen (secondary N) is 1. The Morgan fingerprint density at radius 2 is 1.76 bits per heavy atom. The van der Waals surface area contributed by atoms with Gasteiger partial charge in [0.15, 0.2) is 9.84 Å². The topological polar surface area (TPSA) is 89.3 Å². The zero-order valence-electron chi connectivity index (χ0n) is 11.1. The van der Waals surface area contributed by atoms with E-state index in [4.69, 9.17) is 5.73 Å². The van der Waals surface area contributed by atoms with Gasteiger partial charge in [-0.15, -0.1) is 0 Å². The molecule has 0 unspecified atom stereocenters. The third-order valence-electron chi connectivity index (χ3n) is 2.80. The fourth-order valence-corrected chi connectivity index (χ4v) is 2.73. The molecule has 110 valence electrons. The molecule has 0 aromatic heterocycles. The lowest BCUT2D eigenvalue weighted by molar-refractivity contribution is 0.102. The maximum absolute atomic E-state index is 12.1. The Balaban J connectivity index is 2.20. The van der Waals surface area contributed by atoms with Crippen LogP contribution >= 0.6 is 15.9 Å². The maximum atomic E-state index is 12.1. The minimum Gasteiger partial charge on any atom is -0.398 e. The zero-order chi connectivity index (χ0) is 15.6. The molecule has 0 spiro atoms. The second-order valence-electron chi connectivity index (χ2n) is 4.48. The number of nitrogens with two attached hydrogens (primary N) is 1. The van der Waals surface area contributed by atoms with Crippen LogP contribution in [0.25, 0.3) is 0 Å². The molecule has 0 saturated carbocycles. The number of carbonyl (C=O) groups is 1. The first-order valence-corrected chi connectivity index (χ1v) is 8.62. The fourth-order valence-electron chi connectivity index (χ4n) is 1.72. The summed E-state index contributed by atoms with van der Waals surface area (Å²) in [6, 6.07) is 10.9. The molecular weight excluding hydrogens is 356 g/mol. The number of nitrogen functional groups attached to an aromatic ring is 1. The average Bonchev–Trinajstić information content (AvgIpc) is 2.38. The summed E-state index contributed by atoms with van der Waals surface area (Å²) in [7, 11) is -3.25. The molecule has 0 radical (unpaired) electrons. The minimum absolute atomic E-state index is 0.198. The third kappa shape index (κ3) is 3.83. The summed E-state index contributed by atoms with van der Waals surface area (Å²) in [5.74, 6) is -0.355. The summed E-state index contributed by atoms with van der Waals surface area (Å²) in [5, 5.41) is 2.67. The Morgan fingerprint density at radius 1 is 1.14 bits per heavy atom. The number of halogens is 1. The SMILES string of the molecule is CS(=O)(=O)c1ccc(NC(=O)c2ccc(Br)cc2N)cc1. The fraction of sp³-hybridized carbons (Fsp3) is 0.0714. The second-order valence-corrected chi connectivity index (χ2v) is 7.41. The third-order valence-corrected chi connectivity index (χ3v) is 4.42. The molecule has 0 atom stereocenters. The van der Waals surface area contributed by atoms with Crippen LogP contribution in [-0.2, 0) is 9.84 Å². The Labute approximate surface area is 131 Å². The average molecular weight is 369 g/mol. The lowest BCUT2D eigenvalue weighted by Gasteiger charge is -2.08. The predicted octanol–water partition coefficient (Wildman–Crippen LogP) is 2.69. The van der Waals surface area contributed by atoms with Crippen molar-refractivity contribution in [1.29, 1.82) is 0 Å². The van der Waals surface area contributed by atoms with Gasteiger partial charge in [-0.05, 0) is 42.5 Å². The van der Waals surface area contributed by atoms with Crippen LogP contribution in [-0.4, -0.2) is 20.6 Å². The Bertz CT molecular complexity index is 786. The van der Waals surface area contributed by atoms with E-state index in [-0.39, 0.29) is 10.8 Å². The van der Waals surface area contributed by atoms with Crippen molar-refractivity contribution in [3.8, 4) is 0 Å². The van der Waals surface area contributed by atoms with Gasteiger partial charge in [-0.2, -0.15) is 0 Å². The number of rotatable bonds is 3. The van der Waals surface area contributed by atoms with E-state index in [2.05, 4.69) is 21.2 Å². The van der Waals surface area contributed by atoms with Crippen LogP contribution in [0.4, 0.5) is 11.4 Å². The molecule has 1 amide bonds. The zero-order valence-corrected chi connectivity index (χ0v) is 13.5. The van der Waals surface area contributed by atoms with Gasteiger partial charge < -0.3 is 11.1 Å². The molecule has 2 aromatic rings. The first-order chi connectivity index (χ1) is 9.77. The highest BCUT2D eigenvalue weighted by atomic mass is 79.9. The van der Waals surface area contributed by atoms with Gasteiger partial charge in [0.1, 0.15) is 0 Å². The van der Waals surface area contributed by atoms with Crippen molar-refractivity contribution in [2.24, 2.45) is 0 Å². The summed E-state index contributed by atoms with van der Waals surface area (Å²) in [5.41, 5.74) is 6.99. The molecule has 21 heavy (non-hydrogen) atoms. The molecule has 0 heterocycles. The number of carbonyl (C=O) groups excluding carboxylic acids is 1. The van der Waals surface area contributed by atoms with E-state index < -0.39 is 9.84 Å². The van der Waals surface area contributed by atoms with E-state index in [9.17, 15) is 13.2 Å². The van der Waals surface area contributed by atoms with E-state index in [0.29, 0.717) is 16.9 Å². The number of sulfone groups is 1. The van der Waals surface area contributed by atoms with Crippen LogP contribution in [0.15, 0.2) is 51.8 Å². The van der Waals surface area contributed by atoms with Crippen molar-refractivity contribution in [2.75, 3.05) is 17.3 Å². The van der Waals surface area contributed by atoms with E-state index in [1.165, 1.54) is 24.3 Å². The molecule has 0 bridgehead atoms. The second kappa shape index (κ2) is 5.87. The van der Waals surface area contributed by atoms with Gasteiger partial charge in [-0.1, -0.05) is 15.9 Å². The van der Waals surface area contributed by atoms with Gasteiger partial charge in [0.05, 0.1) is 10.5 Å². The minimum atomic E-state index is -3.25. The van der Waals surface area contributed by atoms with Crippen LogP contribution in [0.2, 0.25) is 0 Å². The first-order valence-electron chi connectivity index (χ1n) is 5.94. The number of benzene rings is 2. The summed E-state index contributed by atoms with van der Waals surface area (Å²) in [6.07, 6.45) is 1.13. The number of hydrogen-bond donors (Lipinski definition) is 2. The molecule has 0 aliphatic rings. The Morgan fingerprint density at radius 3 is 2.29 bits per heavy atom. The number of anilines is 2. The highest BCUT2D eigenvalue weighted by Gasteiger charge is 2.11. The molecule has 0 aliphatic carbocycles. The smallest absolute Gasteiger partial charge is 0.257 e. The molecule has 0 saturated heterocycles. The lowest BCUT2D eigenvalue weighted by atomic mass is 10.1. The van der Waals surface area contributed by atoms with Gasteiger partial charge in [0.2, 0.25) is 0 Å². The van der Waals surface area contributed by atoms with Crippen LogP contribution in [0.1, 0.15) is 10.4 Å². The van der Waals surface area contributed by atoms with Crippen molar-refractivity contribution in [3.05, 3.63) is 52.5 Å². The van der Waals surface area contributed by atoms with Gasteiger partial charge in [0.25, 0.3) is 5.91 Å². The van der Waals surface area contributed by atoms with Crippen molar-refractivity contribution >= 4 is 43.0 Å². The Kier molecular flexibility index (Phi) is 4.34. The quantitative estimate of drug-likeness (QED) is 0.815. The highest BCUT2D eigenvalue weighted by Crippen LogP contribution is 2.20. The summed E-state index contributed by atoms with van der Waals surface area (Å²) < 4.78 is 23.5.